The second kappa shape index (κ2) is 5.05. The van der Waals surface area contributed by atoms with E-state index < -0.39 is 0 Å². The highest BCUT2D eigenvalue weighted by atomic mass is 15.0. The van der Waals surface area contributed by atoms with Gasteiger partial charge in [-0.05, 0) is 42.9 Å². The Morgan fingerprint density at radius 3 is 2.83 bits per heavy atom. The molecule has 1 saturated heterocycles. The Labute approximate surface area is 111 Å². The largest absolute Gasteiger partial charge is 0.316 e. The Bertz CT molecular complexity index is 412. The summed E-state index contributed by atoms with van der Waals surface area (Å²) in [5.41, 5.74) is 3.82. The highest BCUT2D eigenvalue weighted by molar-refractivity contribution is 5.42. The van der Waals surface area contributed by atoms with E-state index in [-0.39, 0.29) is 0 Å². The summed E-state index contributed by atoms with van der Waals surface area (Å²) in [7, 11) is 0. The van der Waals surface area contributed by atoms with Crippen LogP contribution in [0.15, 0.2) is 24.3 Å². The van der Waals surface area contributed by atoms with Crippen molar-refractivity contribution in [2.24, 2.45) is 5.92 Å². The number of piperidine rings is 1. The maximum Gasteiger partial charge on any atom is 0.0124 e. The van der Waals surface area contributed by atoms with Crippen molar-refractivity contribution in [3.8, 4) is 0 Å². The third-order valence-corrected chi connectivity index (χ3v) is 4.92. The fraction of sp³-hybridized carbons (Fsp3) is 0.647. The maximum absolute atomic E-state index is 3.56. The minimum absolute atomic E-state index is 0.529. The molecule has 3 rings (SSSR count). The molecular weight excluding hydrogens is 218 g/mol. The van der Waals surface area contributed by atoms with Gasteiger partial charge in [0.05, 0.1) is 0 Å². The topological polar surface area (TPSA) is 12.0 Å². The molecule has 1 aliphatic carbocycles. The van der Waals surface area contributed by atoms with Crippen molar-refractivity contribution in [2.45, 2.75) is 50.9 Å². The molecule has 1 heterocycles. The Kier molecular flexibility index (Phi) is 3.43. The van der Waals surface area contributed by atoms with Crippen LogP contribution in [-0.4, -0.2) is 13.1 Å². The number of aryl methyl sites for hydroxylation is 1. The van der Waals surface area contributed by atoms with Gasteiger partial charge in [-0.1, -0.05) is 50.5 Å². The molecule has 1 aliphatic heterocycles. The highest BCUT2D eigenvalue weighted by Crippen LogP contribution is 2.57. The zero-order valence-corrected chi connectivity index (χ0v) is 11.5. The maximum atomic E-state index is 3.56. The molecular formula is C17H25N. The number of benzene rings is 1. The Morgan fingerprint density at radius 1 is 1.22 bits per heavy atom. The second-order valence-corrected chi connectivity index (χ2v) is 6.16. The molecule has 0 radical (unpaired) electrons. The van der Waals surface area contributed by atoms with Gasteiger partial charge in [-0.25, -0.2) is 0 Å². The van der Waals surface area contributed by atoms with E-state index in [1.165, 1.54) is 51.6 Å². The van der Waals surface area contributed by atoms with E-state index in [0.717, 1.165) is 5.92 Å². The van der Waals surface area contributed by atoms with E-state index in [2.05, 4.69) is 36.5 Å². The molecule has 1 aromatic rings. The fourth-order valence-corrected chi connectivity index (χ4v) is 3.73. The molecule has 0 amide bonds. The van der Waals surface area contributed by atoms with Crippen molar-refractivity contribution >= 4 is 0 Å². The van der Waals surface area contributed by atoms with Gasteiger partial charge in [0, 0.05) is 12.0 Å². The zero-order valence-electron chi connectivity index (χ0n) is 11.5. The standard InChI is InChI=1S/C17H25N/c1-2-3-4-5-8-14-9-6-7-10-16(14)17-11-15(17)12-18-13-17/h6-7,9-10,15,18H,2-5,8,11-13H2,1H3. The van der Waals surface area contributed by atoms with Gasteiger partial charge >= 0.3 is 0 Å². The third-order valence-electron chi connectivity index (χ3n) is 4.92. The van der Waals surface area contributed by atoms with Crippen molar-refractivity contribution < 1.29 is 0 Å². The minimum Gasteiger partial charge on any atom is -0.316 e. The van der Waals surface area contributed by atoms with Crippen LogP contribution in [0.4, 0.5) is 0 Å². The number of nitrogens with one attached hydrogen (secondary N) is 1. The SMILES string of the molecule is CCCCCCc1ccccc1C12CNCC1C2. The summed E-state index contributed by atoms with van der Waals surface area (Å²) in [4.78, 5) is 0. The van der Waals surface area contributed by atoms with E-state index in [1.54, 1.807) is 11.1 Å². The lowest BCUT2D eigenvalue weighted by Crippen LogP contribution is -2.20. The number of hydrogen-bond acceptors (Lipinski definition) is 1. The predicted molar refractivity (Wildman–Crippen MR) is 76.9 cm³/mol. The molecule has 1 N–H and O–H groups in total. The quantitative estimate of drug-likeness (QED) is 0.752. The van der Waals surface area contributed by atoms with Crippen LogP contribution in [0.1, 0.15) is 50.2 Å². The smallest absolute Gasteiger partial charge is 0.0124 e. The first-order valence-electron chi connectivity index (χ1n) is 7.66. The van der Waals surface area contributed by atoms with Gasteiger partial charge in [0.25, 0.3) is 0 Å². The van der Waals surface area contributed by atoms with Gasteiger partial charge in [0.2, 0.25) is 0 Å². The molecule has 1 aromatic carbocycles. The first-order chi connectivity index (χ1) is 8.87. The third kappa shape index (κ3) is 2.09. The van der Waals surface area contributed by atoms with Crippen molar-refractivity contribution in [1.82, 2.24) is 5.32 Å². The average Bonchev–Trinajstić information content (AvgIpc) is 2.97. The summed E-state index contributed by atoms with van der Waals surface area (Å²) in [5.74, 6) is 0.925. The highest BCUT2D eigenvalue weighted by Gasteiger charge is 2.58. The van der Waals surface area contributed by atoms with Crippen LogP contribution < -0.4 is 5.32 Å². The van der Waals surface area contributed by atoms with Gasteiger partial charge in [-0.3, -0.25) is 0 Å². The van der Waals surface area contributed by atoms with Gasteiger partial charge in [-0.15, -0.1) is 0 Å². The van der Waals surface area contributed by atoms with Gasteiger partial charge in [0.15, 0.2) is 0 Å². The average molecular weight is 243 g/mol. The summed E-state index contributed by atoms with van der Waals surface area (Å²) in [6.45, 7) is 4.74. The lowest BCUT2D eigenvalue weighted by Gasteiger charge is -2.17. The van der Waals surface area contributed by atoms with Crippen LogP contribution in [0.5, 0.6) is 0 Å². The van der Waals surface area contributed by atoms with Crippen molar-refractivity contribution in [1.29, 1.82) is 0 Å². The molecule has 2 unspecified atom stereocenters. The number of rotatable bonds is 6. The summed E-state index contributed by atoms with van der Waals surface area (Å²) in [6.07, 6.45) is 8.17. The van der Waals surface area contributed by atoms with Crippen LogP contribution in [0.3, 0.4) is 0 Å². The minimum atomic E-state index is 0.529. The molecule has 1 heteroatoms. The van der Waals surface area contributed by atoms with Crippen LogP contribution in [0, 0.1) is 5.92 Å². The molecule has 98 valence electrons. The van der Waals surface area contributed by atoms with Crippen LogP contribution >= 0.6 is 0 Å². The Morgan fingerprint density at radius 2 is 2.11 bits per heavy atom. The summed E-state index contributed by atoms with van der Waals surface area (Å²) < 4.78 is 0. The van der Waals surface area contributed by atoms with E-state index >= 15 is 0 Å². The van der Waals surface area contributed by atoms with E-state index in [1.807, 2.05) is 0 Å². The predicted octanol–water partition coefficient (Wildman–Crippen LogP) is 3.67. The van der Waals surface area contributed by atoms with Gasteiger partial charge < -0.3 is 5.32 Å². The van der Waals surface area contributed by atoms with Crippen molar-refractivity contribution in [3.05, 3.63) is 35.4 Å². The lowest BCUT2D eigenvalue weighted by molar-refractivity contribution is 0.642. The Balaban J connectivity index is 1.70. The lowest BCUT2D eigenvalue weighted by atomic mass is 9.88. The summed E-state index contributed by atoms with van der Waals surface area (Å²) >= 11 is 0. The molecule has 2 atom stereocenters. The van der Waals surface area contributed by atoms with Gasteiger partial charge in [0.1, 0.15) is 0 Å². The van der Waals surface area contributed by atoms with Crippen molar-refractivity contribution in [2.75, 3.05) is 13.1 Å². The molecule has 0 spiro atoms. The first-order valence-corrected chi connectivity index (χ1v) is 7.66. The molecule has 18 heavy (non-hydrogen) atoms. The number of fused-ring (bicyclic) bond motifs is 1. The molecule has 0 bridgehead atoms. The molecule has 2 fully saturated rings. The normalized spacial score (nSPS) is 29.3. The molecule has 1 saturated carbocycles. The van der Waals surface area contributed by atoms with Crippen LogP contribution in [0.2, 0.25) is 0 Å². The second-order valence-electron chi connectivity index (χ2n) is 6.16. The number of hydrogen-bond donors (Lipinski definition) is 1. The summed E-state index contributed by atoms with van der Waals surface area (Å²) in [5, 5.41) is 3.56. The van der Waals surface area contributed by atoms with E-state index in [4.69, 9.17) is 0 Å². The van der Waals surface area contributed by atoms with E-state index in [9.17, 15) is 0 Å². The van der Waals surface area contributed by atoms with E-state index in [0.29, 0.717) is 5.41 Å². The number of unbranched alkanes of at least 4 members (excludes halogenated alkanes) is 3. The molecule has 0 aromatic heterocycles. The zero-order chi connectivity index (χ0) is 12.4. The summed E-state index contributed by atoms with van der Waals surface area (Å²) in [6, 6.07) is 9.20. The Hall–Kier alpha value is -0.820. The van der Waals surface area contributed by atoms with Gasteiger partial charge in [-0.2, -0.15) is 0 Å². The van der Waals surface area contributed by atoms with Crippen LogP contribution in [0.25, 0.3) is 0 Å². The monoisotopic (exact) mass is 243 g/mol. The molecule has 2 aliphatic rings. The molecule has 1 nitrogen and oxygen atoms in total. The fourth-order valence-electron chi connectivity index (χ4n) is 3.73. The first kappa shape index (κ1) is 12.2. The van der Waals surface area contributed by atoms with Crippen LogP contribution in [-0.2, 0) is 11.8 Å². The van der Waals surface area contributed by atoms with Crippen molar-refractivity contribution in [3.63, 3.8) is 0 Å².